The summed E-state index contributed by atoms with van der Waals surface area (Å²) >= 11 is 0. The van der Waals surface area contributed by atoms with Gasteiger partial charge in [-0.3, -0.25) is 0 Å². The second kappa shape index (κ2) is 5.50. The van der Waals surface area contributed by atoms with Crippen molar-refractivity contribution < 1.29 is 0 Å². The Kier molecular flexibility index (Phi) is 3.78. The maximum absolute atomic E-state index is 4.10. The molecular weight excluding hydrogens is 216 g/mol. The first kappa shape index (κ1) is 12.4. The zero-order valence-corrected chi connectivity index (χ0v) is 11.0. The van der Waals surface area contributed by atoms with Crippen LogP contribution in [0, 0.1) is 6.92 Å². The summed E-state index contributed by atoms with van der Waals surface area (Å²) in [4.78, 5) is 0. The minimum absolute atomic E-state index is 1.05. The van der Waals surface area contributed by atoms with Crippen LogP contribution < -0.4 is 0 Å². The fourth-order valence-electron chi connectivity index (χ4n) is 2.06. The van der Waals surface area contributed by atoms with Crippen molar-refractivity contribution in [2.45, 2.75) is 13.8 Å². The molecule has 0 aromatic heterocycles. The van der Waals surface area contributed by atoms with Gasteiger partial charge in [0.1, 0.15) is 0 Å². The molecule has 18 heavy (non-hydrogen) atoms. The predicted molar refractivity (Wildman–Crippen MR) is 80.5 cm³/mol. The van der Waals surface area contributed by atoms with E-state index in [9.17, 15) is 0 Å². The Bertz CT molecular complexity index is 574. The number of aryl methyl sites for hydroxylation is 1. The van der Waals surface area contributed by atoms with Crippen molar-refractivity contribution in [2.24, 2.45) is 0 Å². The summed E-state index contributed by atoms with van der Waals surface area (Å²) in [5.41, 5.74) is 5.99. The molecule has 0 bridgehead atoms. The van der Waals surface area contributed by atoms with Gasteiger partial charge < -0.3 is 0 Å². The highest BCUT2D eigenvalue weighted by Gasteiger charge is 2.02. The number of benzene rings is 2. The number of hydrogen-bond acceptors (Lipinski definition) is 0. The second-order valence-electron chi connectivity index (χ2n) is 4.48. The first-order chi connectivity index (χ1) is 8.70. The summed E-state index contributed by atoms with van der Waals surface area (Å²) in [7, 11) is 0. The van der Waals surface area contributed by atoms with E-state index < -0.39 is 0 Å². The molecule has 0 saturated carbocycles. The first-order valence-electron chi connectivity index (χ1n) is 6.20. The Hall–Kier alpha value is -2.08. The third-order valence-electron chi connectivity index (χ3n) is 2.92. The molecule has 0 spiro atoms. The molecule has 0 aliphatic rings. The van der Waals surface area contributed by atoms with Crippen LogP contribution in [0.25, 0.3) is 16.7 Å². The average Bonchev–Trinajstić information content (AvgIpc) is 2.39. The molecule has 0 nitrogen and oxygen atoms in total. The highest BCUT2D eigenvalue weighted by molar-refractivity contribution is 5.77. The predicted octanol–water partition coefficient (Wildman–Crippen LogP) is 5.25. The molecule has 0 heterocycles. The third-order valence-corrected chi connectivity index (χ3v) is 2.92. The van der Waals surface area contributed by atoms with Gasteiger partial charge in [0, 0.05) is 0 Å². The molecule has 0 heteroatoms. The molecule has 0 unspecified atom stereocenters. The molecule has 0 radical (unpaired) electrons. The Morgan fingerprint density at radius 2 is 1.72 bits per heavy atom. The average molecular weight is 234 g/mol. The highest BCUT2D eigenvalue weighted by atomic mass is 14.1. The molecule has 0 atom stereocenters. The highest BCUT2D eigenvalue weighted by Crippen LogP contribution is 2.25. The fraction of sp³-hybridized carbons (Fsp3) is 0.111. The number of hydrogen-bond donors (Lipinski definition) is 0. The molecule has 0 N–H and O–H groups in total. The summed E-state index contributed by atoms with van der Waals surface area (Å²) in [6.45, 7) is 8.24. The minimum Gasteiger partial charge on any atom is -0.0912 e. The van der Waals surface area contributed by atoms with Crippen LogP contribution in [0.15, 0.2) is 67.3 Å². The molecule has 2 rings (SSSR count). The lowest BCUT2D eigenvalue weighted by atomic mass is 9.97. The topological polar surface area (TPSA) is 0 Å². The van der Waals surface area contributed by atoms with Crippen LogP contribution >= 0.6 is 0 Å². The van der Waals surface area contributed by atoms with Crippen molar-refractivity contribution >= 4 is 5.57 Å². The minimum atomic E-state index is 1.05. The molecule has 0 aliphatic heterocycles. The van der Waals surface area contributed by atoms with Crippen molar-refractivity contribution in [2.75, 3.05) is 0 Å². The van der Waals surface area contributed by atoms with Gasteiger partial charge in [-0.2, -0.15) is 0 Å². The SMILES string of the molecule is C=C(/C=C\C)c1cc(C)cc(-c2ccccc2)c1. The van der Waals surface area contributed by atoms with E-state index in [1.807, 2.05) is 25.1 Å². The van der Waals surface area contributed by atoms with Gasteiger partial charge in [0.2, 0.25) is 0 Å². The molecule has 0 fully saturated rings. The van der Waals surface area contributed by atoms with Crippen molar-refractivity contribution in [3.8, 4) is 11.1 Å². The molecule has 2 aromatic carbocycles. The summed E-state index contributed by atoms with van der Waals surface area (Å²) in [6, 6.07) is 17.0. The van der Waals surface area contributed by atoms with Crippen molar-refractivity contribution in [1.82, 2.24) is 0 Å². The Morgan fingerprint density at radius 3 is 2.39 bits per heavy atom. The quantitative estimate of drug-likeness (QED) is 0.636. The smallest absolute Gasteiger partial charge is 0.0175 e. The normalized spacial score (nSPS) is 10.8. The Labute approximate surface area is 109 Å². The van der Waals surface area contributed by atoms with Crippen LogP contribution in [0.2, 0.25) is 0 Å². The summed E-state index contributed by atoms with van der Waals surface area (Å²) in [6.07, 6.45) is 4.07. The van der Waals surface area contributed by atoms with Crippen LogP contribution in [-0.4, -0.2) is 0 Å². The van der Waals surface area contributed by atoms with Gasteiger partial charge in [0.15, 0.2) is 0 Å². The maximum Gasteiger partial charge on any atom is -0.0175 e. The number of allylic oxidation sites excluding steroid dienone is 3. The molecule has 0 amide bonds. The van der Waals surface area contributed by atoms with Crippen LogP contribution in [0.1, 0.15) is 18.1 Å². The molecule has 0 aliphatic carbocycles. The van der Waals surface area contributed by atoms with Gasteiger partial charge in [-0.05, 0) is 47.7 Å². The zero-order chi connectivity index (χ0) is 13.0. The van der Waals surface area contributed by atoms with E-state index in [1.165, 1.54) is 22.3 Å². The Balaban J connectivity index is 2.48. The van der Waals surface area contributed by atoms with Crippen LogP contribution in [0.3, 0.4) is 0 Å². The standard InChI is InChI=1S/C18H18/c1-4-8-15(3)17-11-14(2)12-18(13-17)16-9-6-5-7-10-16/h4-13H,3H2,1-2H3/b8-4-. The van der Waals surface area contributed by atoms with Crippen molar-refractivity contribution in [3.05, 3.63) is 78.4 Å². The maximum atomic E-state index is 4.10. The summed E-state index contributed by atoms with van der Waals surface area (Å²) in [5.74, 6) is 0. The van der Waals surface area contributed by atoms with E-state index in [2.05, 4.69) is 56.0 Å². The van der Waals surface area contributed by atoms with Crippen molar-refractivity contribution in [3.63, 3.8) is 0 Å². The largest absolute Gasteiger partial charge is 0.0912 e. The van der Waals surface area contributed by atoms with E-state index in [0.29, 0.717) is 0 Å². The Morgan fingerprint density at radius 1 is 1.00 bits per heavy atom. The summed E-state index contributed by atoms with van der Waals surface area (Å²) < 4.78 is 0. The van der Waals surface area contributed by atoms with E-state index in [0.717, 1.165) is 5.57 Å². The van der Waals surface area contributed by atoms with Crippen LogP contribution in [0.4, 0.5) is 0 Å². The lowest BCUT2D eigenvalue weighted by Crippen LogP contribution is -1.85. The van der Waals surface area contributed by atoms with Gasteiger partial charge in [0.05, 0.1) is 0 Å². The molecule has 2 aromatic rings. The van der Waals surface area contributed by atoms with E-state index in [4.69, 9.17) is 0 Å². The monoisotopic (exact) mass is 234 g/mol. The van der Waals surface area contributed by atoms with E-state index in [-0.39, 0.29) is 0 Å². The van der Waals surface area contributed by atoms with Gasteiger partial charge in [-0.15, -0.1) is 0 Å². The third kappa shape index (κ3) is 2.78. The van der Waals surface area contributed by atoms with E-state index >= 15 is 0 Å². The first-order valence-corrected chi connectivity index (χ1v) is 6.20. The fourth-order valence-corrected chi connectivity index (χ4v) is 2.06. The van der Waals surface area contributed by atoms with Gasteiger partial charge in [-0.1, -0.05) is 61.2 Å². The lowest BCUT2D eigenvalue weighted by Gasteiger charge is -2.08. The zero-order valence-electron chi connectivity index (χ0n) is 11.0. The van der Waals surface area contributed by atoms with Gasteiger partial charge >= 0.3 is 0 Å². The van der Waals surface area contributed by atoms with Crippen LogP contribution in [0.5, 0.6) is 0 Å². The molecule has 90 valence electrons. The van der Waals surface area contributed by atoms with Gasteiger partial charge in [0.25, 0.3) is 0 Å². The van der Waals surface area contributed by atoms with Crippen molar-refractivity contribution in [1.29, 1.82) is 0 Å². The van der Waals surface area contributed by atoms with Crippen LogP contribution in [-0.2, 0) is 0 Å². The number of rotatable bonds is 3. The van der Waals surface area contributed by atoms with E-state index in [1.54, 1.807) is 0 Å². The lowest BCUT2D eigenvalue weighted by molar-refractivity contribution is 1.44. The molecular formula is C18H18. The van der Waals surface area contributed by atoms with Gasteiger partial charge in [-0.25, -0.2) is 0 Å². The summed E-state index contributed by atoms with van der Waals surface area (Å²) in [5, 5.41) is 0. The second-order valence-corrected chi connectivity index (χ2v) is 4.48. The molecule has 0 saturated heterocycles.